The van der Waals surface area contributed by atoms with E-state index >= 15 is 0 Å². The van der Waals surface area contributed by atoms with E-state index in [0.29, 0.717) is 18.7 Å². The number of amides is 1. The molecule has 0 saturated heterocycles. The highest BCUT2D eigenvalue weighted by atomic mass is 16.2. The molecule has 5 heteroatoms. The molecule has 5 nitrogen and oxygen atoms in total. The molecule has 2 aromatic heterocycles. The van der Waals surface area contributed by atoms with E-state index in [1.807, 2.05) is 58.0 Å². The molecule has 0 atom stereocenters. The normalized spacial score (nSPS) is 13.2. The van der Waals surface area contributed by atoms with Crippen LogP contribution in [-0.4, -0.2) is 25.3 Å². The number of hydrogen-bond donors (Lipinski definition) is 0. The Bertz CT molecular complexity index is 1090. The number of carbonyl (C=O) groups excluding carboxylic acids is 1. The third-order valence-corrected chi connectivity index (χ3v) is 4.82. The van der Waals surface area contributed by atoms with Gasteiger partial charge in [0.05, 0.1) is 16.6 Å². The molecule has 5 rings (SSSR count). The second-order valence-corrected chi connectivity index (χ2v) is 6.44. The number of para-hydroxylation sites is 2. The van der Waals surface area contributed by atoms with Crippen LogP contribution in [0.1, 0.15) is 21.5 Å². The van der Waals surface area contributed by atoms with Crippen LogP contribution in [0.15, 0.2) is 73.2 Å². The van der Waals surface area contributed by atoms with Crippen molar-refractivity contribution in [1.29, 1.82) is 0 Å². The summed E-state index contributed by atoms with van der Waals surface area (Å²) in [5.41, 5.74) is 4.95. The quantitative estimate of drug-likeness (QED) is 0.560. The number of carbonyl (C=O) groups is 1. The number of nitrogens with zero attached hydrogens (tertiary/aromatic N) is 4. The smallest absolute Gasteiger partial charge is 0.256 e. The molecule has 0 saturated carbocycles. The number of benzene rings is 2. The topological polar surface area (TPSA) is 51.0 Å². The summed E-state index contributed by atoms with van der Waals surface area (Å²) < 4.78 is 1.93. The van der Waals surface area contributed by atoms with Gasteiger partial charge in [0.25, 0.3) is 5.91 Å². The van der Waals surface area contributed by atoms with E-state index in [4.69, 9.17) is 0 Å². The van der Waals surface area contributed by atoms with Crippen molar-refractivity contribution in [1.82, 2.24) is 19.4 Å². The third-order valence-electron chi connectivity index (χ3n) is 4.82. The largest absolute Gasteiger partial charge is 0.330 e. The summed E-state index contributed by atoms with van der Waals surface area (Å²) in [7, 11) is 0. The zero-order valence-electron chi connectivity index (χ0n) is 14.0. The number of aromatic nitrogens is 3. The second-order valence-electron chi connectivity index (χ2n) is 6.44. The van der Waals surface area contributed by atoms with Crippen LogP contribution in [0.4, 0.5) is 0 Å². The lowest BCUT2D eigenvalue weighted by Crippen LogP contribution is -2.25. The monoisotopic (exact) mass is 340 g/mol. The first-order valence-electron chi connectivity index (χ1n) is 8.54. The van der Waals surface area contributed by atoms with Crippen LogP contribution < -0.4 is 0 Å². The van der Waals surface area contributed by atoms with Crippen LogP contribution in [0.25, 0.3) is 16.9 Å². The van der Waals surface area contributed by atoms with Gasteiger partial charge in [0, 0.05) is 19.3 Å². The average Bonchev–Trinajstić information content (AvgIpc) is 3.32. The highest BCUT2D eigenvalue weighted by molar-refractivity contribution is 5.94. The minimum atomic E-state index is 0.00994. The van der Waals surface area contributed by atoms with Gasteiger partial charge in [0.2, 0.25) is 0 Å². The van der Waals surface area contributed by atoms with Crippen molar-refractivity contribution in [3.05, 3.63) is 89.9 Å². The van der Waals surface area contributed by atoms with Gasteiger partial charge in [-0.25, -0.2) is 9.97 Å². The maximum absolute atomic E-state index is 12.8. The number of fused-ring (bicyclic) bond motifs is 2. The predicted octanol–water partition coefficient (Wildman–Crippen LogP) is 3.58. The van der Waals surface area contributed by atoms with Crippen molar-refractivity contribution < 1.29 is 4.79 Å². The molecule has 0 aliphatic carbocycles. The predicted molar refractivity (Wildman–Crippen MR) is 98.9 cm³/mol. The zero-order chi connectivity index (χ0) is 17.5. The number of hydrogen-bond acceptors (Lipinski definition) is 3. The van der Waals surface area contributed by atoms with E-state index in [1.54, 1.807) is 12.5 Å². The summed E-state index contributed by atoms with van der Waals surface area (Å²) >= 11 is 0. The fourth-order valence-electron chi connectivity index (χ4n) is 3.46. The van der Waals surface area contributed by atoms with Crippen LogP contribution >= 0.6 is 0 Å². The van der Waals surface area contributed by atoms with Crippen molar-refractivity contribution >= 4 is 16.9 Å². The van der Waals surface area contributed by atoms with Crippen molar-refractivity contribution in [3.8, 4) is 5.82 Å². The van der Waals surface area contributed by atoms with Gasteiger partial charge in [-0.2, -0.15) is 0 Å². The number of pyridine rings is 1. The van der Waals surface area contributed by atoms with Crippen LogP contribution in [0.5, 0.6) is 0 Å². The Balaban J connectivity index is 1.41. The number of imidazole rings is 1. The molecule has 0 spiro atoms. The highest BCUT2D eigenvalue weighted by Gasteiger charge is 2.24. The molecule has 3 heterocycles. The molecule has 26 heavy (non-hydrogen) atoms. The Morgan fingerprint density at radius 3 is 2.31 bits per heavy atom. The Kier molecular flexibility index (Phi) is 3.31. The lowest BCUT2D eigenvalue weighted by Gasteiger charge is -2.15. The molecule has 4 aromatic rings. The Labute approximate surface area is 150 Å². The van der Waals surface area contributed by atoms with Gasteiger partial charge in [-0.15, -0.1) is 0 Å². The molecule has 0 radical (unpaired) electrons. The van der Waals surface area contributed by atoms with E-state index in [1.165, 1.54) is 11.1 Å². The van der Waals surface area contributed by atoms with Gasteiger partial charge in [-0.05, 0) is 35.4 Å². The van der Waals surface area contributed by atoms with Gasteiger partial charge < -0.3 is 4.90 Å². The minimum absolute atomic E-state index is 0.00994. The number of rotatable bonds is 2. The first-order chi connectivity index (χ1) is 12.8. The van der Waals surface area contributed by atoms with E-state index in [0.717, 1.165) is 16.9 Å². The summed E-state index contributed by atoms with van der Waals surface area (Å²) in [6.45, 7) is 1.31. The summed E-state index contributed by atoms with van der Waals surface area (Å²) in [5, 5.41) is 0. The molecule has 0 fully saturated rings. The first kappa shape index (κ1) is 14.8. The standard InChI is InChI=1S/C21H16N4O/c26-21(24-12-16-5-1-2-6-17(16)13-24)15-9-10-20(22-11-15)25-14-23-18-7-3-4-8-19(18)25/h1-11,14H,12-13H2. The fraction of sp³-hybridized carbons (Fsp3) is 0.0952. The summed E-state index contributed by atoms with van der Waals surface area (Å²) in [6, 6.07) is 19.8. The fourth-order valence-corrected chi connectivity index (χ4v) is 3.46. The lowest BCUT2D eigenvalue weighted by molar-refractivity contribution is 0.0751. The molecule has 0 unspecified atom stereocenters. The molecule has 1 amide bonds. The maximum atomic E-state index is 12.8. The molecule has 126 valence electrons. The van der Waals surface area contributed by atoms with Crippen LogP contribution in [0.2, 0.25) is 0 Å². The molecule has 2 aromatic carbocycles. The van der Waals surface area contributed by atoms with Crippen molar-refractivity contribution in [2.24, 2.45) is 0 Å². The molecular formula is C21H16N4O. The van der Waals surface area contributed by atoms with E-state index < -0.39 is 0 Å². The summed E-state index contributed by atoms with van der Waals surface area (Å²) in [6.07, 6.45) is 3.40. The van der Waals surface area contributed by atoms with Gasteiger partial charge >= 0.3 is 0 Å². The third kappa shape index (κ3) is 2.37. The molecular weight excluding hydrogens is 324 g/mol. The maximum Gasteiger partial charge on any atom is 0.256 e. The molecule has 1 aliphatic heterocycles. The van der Waals surface area contributed by atoms with Gasteiger partial charge in [0.1, 0.15) is 12.1 Å². The van der Waals surface area contributed by atoms with Gasteiger partial charge in [-0.1, -0.05) is 36.4 Å². The van der Waals surface area contributed by atoms with E-state index in [-0.39, 0.29) is 5.91 Å². The van der Waals surface area contributed by atoms with Crippen LogP contribution in [0.3, 0.4) is 0 Å². The Hall–Kier alpha value is -3.47. The average molecular weight is 340 g/mol. The SMILES string of the molecule is O=C(c1ccc(-n2cnc3ccccc32)nc1)N1Cc2ccccc2C1. The van der Waals surface area contributed by atoms with Crippen LogP contribution in [-0.2, 0) is 13.1 Å². The summed E-state index contributed by atoms with van der Waals surface area (Å²) in [5.74, 6) is 0.760. The van der Waals surface area contributed by atoms with Gasteiger partial charge in [-0.3, -0.25) is 9.36 Å². The lowest BCUT2D eigenvalue weighted by atomic mass is 10.1. The Morgan fingerprint density at radius 2 is 1.58 bits per heavy atom. The first-order valence-corrected chi connectivity index (χ1v) is 8.54. The van der Waals surface area contributed by atoms with E-state index in [9.17, 15) is 4.79 Å². The Morgan fingerprint density at radius 1 is 0.846 bits per heavy atom. The summed E-state index contributed by atoms with van der Waals surface area (Å²) in [4.78, 5) is 23.5. The molecule has 0 N–H and O–H groups in total. The highest BCUT2D eigenvalue weighted by Crippen LogP contribution is 2.24. The van der Waals surface area contributed by atoms with Gasteiger partial charge in [0.15, 0.2) is 0 Å². The molecule has 1 aliphatic rings. The van der Waals surface area contributed by atoms with Crippen molar-refractivity contribution in [2.75, 3.05) is 0 Å². The van der Waals surface area contributed by atoms with Crippen molar-refractivity contribution in [3.63, 3.8) is 0 Å². The minimum Gasteiger partial charge on any atom is -0.330 e. The zero-order valence-corrected chi connectivity index (χ0v) is 14.0. The van der Waals surface area contributed by atoms with Crippen LogP contribution in [0, 0.1) is 0 Å². The van der Waals surface area contributed by atoms with Crippen molar-refractivity contribution in [2.45, 2.75) is 13.1 Å². The second kappa shape index (κ2) is 5.81. The molecule has 0 bridgehead atoms. The van der Waals surface area contributed by atoms with E-state index in [2.05, 4.69) is 22.1 Å².